The number of hydrogen-bond acceptors (Lipinski definition) is 6. The van der Waals surface area contributed by atoms with Gasteiger partial charge in [0, 0.05) is 6.92 Å². The van der Waals surface area contributed by atoms with Gasteiger partial charge in [-0.15, -0.1) is 0 Å². The Morgan fingerprint density at radius 1 is 1.38 bits per heavy atom. The molecular formula is C6H5NO6. The summed E-state index contributed by atoms with van der Waals surface area (Å²) in [5.41, 5.74) is 0. The van der Waals surface area contributed by atoms with Gasteiger partial charge in [0.05, 0.1) is 0 Å². The average molecular weight is 187 g/mol. The van der Waals surface area contributed by atoms with Crippen LogP contribution in [0.5, 0.6) is 0 Å². The van der Waals surface area contributed by atoms with Crippen molar-refractivity contribution in [1.29, 1.82) is 0 Å². The van der Waals surface area contributed by atoms with Crippen LogP contribution in [0.1, 0.15) is 6.92 Å². The van der Waals surface area contributed by atoms with Crippen molar-refractivity contribution < 1.29 is 28.7 Å². The maximum Gasteiger partial charge on any atom is 0.428 e. The van der Waals surface area contributed by atoms with Gasteiger partial charge in [-0.1, -0.05) is 0 Å². The van der Waals surface area contributed by atoms with E-state index in [2.05, 4.69) is 9.47 Å². The van der Waals surface area contributed by atoms with Crippen molar-refractivity contribution in [3.05, 3.63) is 0 Å². The van der Waals surface area contributed by atoms with E-state index in [1.54, 1.807) is 0 Å². The Morgan fingerprint density at radius 3 is 2.31 bits per heavy atom. The van der Waals surface area contributed by atoms with Gasteiger partial charge in [-0.25, -0.2) is 14.4 Å². The van der Waals surface area contributed by atoms with Crippen molar-refractivity contribution in [3.8, 4) is 0 Å². The van der Waals surface area contributed by atoms with E-state index in [0.29, 0.717) is 4.90 Å². The maximum atomic E-state index is 10.7. The molecule has 2 amide bonds. The lowest BCUT2D eigenvalue weighted by Gasteiger charge is -2.24. The zero-order chi connectivity index (χ0) is 10.0. The SMILES string of the molecule is CC(=O)OC(=O)CN1C(=O)OC1=O. The summed E-state index contributed by atoms with van der Waals surface area (Å²) >= 11 is 0. The van der Waals surface area contributed by atoms with Gasteiger partial charge >= 0.3 is 24.1 Å². The van der Waals surface area contributed by atoms with Gasteiger partial charge in [0.25, 0.3) is 0 Å². The molecule has 0 saturated carbocycles. The Labute approximate surface area is 72.2 Å². The molecule has 0 aliphatic carbocycles. The molecule has 70 valence electrons. The fourth-order valence-corrected chi connectivity index (χ4v) is 0.671. The summed E-state index contributed by atoms with van der Waals surface area (Å²) in [6.07, 6.45) is -1.85. The Balaban J connectivity index is 2.40. The molecule has 13 heavy (non-hydrogen) atoms. The molecule has 0 aromatic carbocycles. The molecule has 7 heteroatoms. The average Bonchev–Trinajstić information content (AvgIpc) is 2.00. The molecule has 0 spiro atoms. The van der Waals surface area contributed by atoms with Crippen molar-refractivity contribution in [1.82, 2.24) is 4.90 Å². The summed E-state index contributed by atoms with van der Waals surface area (Å²) in [6, 6.07) is 0. The highest BCUT2D eigenvalue weighted by molar-refractivity contribution is 6.05. The first-order chi connectivity index (χ1) is 6.00. The third-order valence-corrected chi connectivity index (χ3v) is 1.16. The van der Waals surface area contributed by atoms with Gasteiger partial charge in [0.15, 0.2) is 0 Å². The molecule has 1 aliphatic heterocycles. The summed E-state index contributed by atoms with van der Waals surface area (Å²) in [4.78, 5) is 42.4. The minimum absolute atomic E-state index is 0.519. The monoisotopic (exact) mass is 187 g/mol. The number of amides is 2. The zero-order valence-corrected chi connectivity index (χ0v) is 6.60. The van der Waals surface area contributed by atoms with Gasteiger partial charge < -0.3 is 9.47 Å². The Kier molecular flexibility index (Phi) is 2.27. The smallest absolute Gasteiger partial charge is 0.392 e. The molecule has 1 rings (SSSR count). The Bertz CT molecular complexity index is 281. The normalized spacial score (nSPS) is 14.7. The molecule has 0 atom stereocenters. The second-order valence-electron chi connectivity index (χ2n) is 2.19. The molecule has 0 N–H and O–H groups in total. The van der Waals surface area contributed by atoms with E-state index < -0.39 is 30.7 Å². The van der Waals surface area contributed by atoms with Crippen LogP contribution in [-0.2, 0) is 19.1 Å². The first kappa shape index (κ1) is 9.17. The van der Waals surface area contributed by atoms with Crippen LogP contribution < -0.4 is 0 Å². The van der Waals surface area contributed by atoms with Crippen LogP contribution in [0, 0.1) is 0 Å². The second-order valence-corrected chi connectivity index (χ2v) is 2.19. The summed E-state index contributed by atoms with van der Waals surface area (Å²) < 4.78 is 7.99. The van der Waals surface area contributed by atoms with E-state index in [0.717, 1.165) is 6.92 Å². The fraction of sp³-hybridized carbons (Fsp3) is 0.333. The molecular weight excluding hydrogens is 182 g/mol. The van der Waals surface area contributed by atoms with Crippen LogP contribution in [0.15, 0.2) is 0 Å². The predicted molar refractivity (Wildman–Crippen MR) is 35.4 cm³/mol. The van der Waals surface area contributed by atoms with Crippen LogP contribution in [0.3, 0.4) is 0 Å². The van der Waals surface area contributed by atoms with E-state index in [1.165, 1.54) is 0 Å². The van der Waals surface area contributed by atoms with E-state index >= 15 is 0 Å². The van der Waals surface area contributed by atoms with Crippen molar-refractivity contribution in [2.75, 3.05) is 6.54 Å². The number of hydrogen-bond donors (Lipinski definition) is 0. The van der Waals surface area contributed by atoms with Crippen LogP contribution in [0.2, 0.25) is 0 Å². The van der Waals surface area contributed by atoms with Crippen LogP contribution in [0.4, 0.5) is 9.59 Å². The third kappa shape index (κ3) is 2.01. The number of nitrogens with zero attached hydrogens (tertiary/aromatic N) is 1. The summed E-state index contributed by atoms with van der Waals surface area (Å²) in [7, 11) is 0. The number of cyclic esters (lactones) is 2. The van der Waals surface area contributed by atoms with Crippen molar-refractivity contribution in [2.45, 2.75) is 6.92 Å². The number of imide groups is 1. The summed E-state index contributed by atoms with van der Waals surface area (Å²) in [5.74, 6) is -1.77. The molecule has 0 radical (unpaired) electrons. The molecule has 1 saturated heterocycles. The van der Waals surface area contributed by atoms with Crippen molar-refractivity contribution in [2.24, 2.45) is 0 Å². The van der Waals surface area contributed by atoms with Gasteiger partial charge in [-0.2, -0.15) is 4.90 Å². The van der Waals surface area contributed by atoms with E-state index in [4.69, 9.17) is 0 Å². The number of esters is 2. The fourth-order valence-electron chi connectivity index (χ4n) is 0.671. The summed E-state index contributed by atoms with van der Waals surface area (Å²) in [5, 5.41) is 0. The lowest BCUT2D eigenvalue weighted by Crippen LogP contribution is -2.52. The van der Waals surface area contributed by atoms with Crippen molar-refractivity contribution >= 4 is 24.1 Å². The number of rotatable bonds is 2. The first-order valence-electron chi connectivity index (χ1n) is 3.25. The minimum Gasteiger partial charge on any atom is -0.392 e. The van der Waals surface area contributed by atoms with Crippen LogP contribution in [0.25, 0.3) is 0 Å². The van der Waals surface area contributed by atoms with Gasteiger partial charge in [-0.05, 0) is 0 Å². The molecule has 1 heterocycles. The molecule has 1 aliphatic rings. The van der Waals surface area contributed by atoms with Crippen LogP contribution in [-0.4, -0.2) is 35.6 Å². The minimum atomic E-state index is -0.975. The summed E-state index contributed by atoms with van der Waals surface area (Å²) in [6.45, 7) is 0.436. The molecule has 0 aromatic rings. The first-order valence-corrected chi connectivity index (χ1v) is 3.25. The van der Waals surface area contributed by atoms with Crippen LogP contribution >= 0.6 is 0 Å². The highest BCUT2D eigenvalue weighted by Crippen LogP contribution is 2.09. The third-order valence-electron chi connectivity index (χ3n) is 1.16. The quantitative estimate of drug-likeness (QED) is 0.433. The highest BCUT2D eigenvalue weighted by Gasteiger charge is 2.39. The Hall–Kier alpha value is -1.92. The lowest BCUT2D eigenvalue weighted by molar-refractivity contribution is -0.158. The van der Waals surface area contributed by atoms with Gasteiger partial charge in [-0.3, -0.25) is 4.79 Å². The highest BCUT2D eigenvalue weighted by atomic mass is 16.7. The van der Waals surface area contributed by atoms with Gasteiger partial charge in [0.1, 0.15) is 6.54 Å². The van der Waals surface area contributed by atoms with E-state index in [1.807, 2.05) is 0 Å². The Morgan fingerprint density at radius 2 is 1.92 bits per heavy atom. The standard InChI is InChI=1S/C6H5NO6/c1-3(8)12-4(9)2-7-5(10)13-6(7)11/h2H2,1H3. The predicted octanol–water partition coefficient (Wildman–Crippen LogP) is -0.352. The molecule has 0 unspecified atom stereocenters. The van der Waals surface area contributed by atoms with Gasteiger partial charge in [0.2, 0.25) is 0 Å². The number of carbonyl (C=O) groups excluding carboxylic acids is 4. The van der Waals surface area contributed by atoms with E-state index in [9.17, 15) is 19.2 Å². The largest absolute Gasteiger partial charge is 0.428 e. The number of ether oxygens (including phenoxy) is 2. The topological polar surface area (TPSA) is 90.0 Å². The number of carbonyl (C=O) groups is 4. The van der Waals surface area contributed by atoms with Crippen molar-refractivity contribution in [3.63, 3.8) is 0 Å². The second kappa shape index (κ2) is 3.21. The van der Waals surface area contributed by atoms with E-state index in [-0.39, 0.29) is 0 Å². The lowest BCUT2D eigenvalue weighted by atomic mass is 10.5. The molecule has 1 fully saturated rings. The maximum absolute atomic E-state index is 10.7. The molecule has 0 bridgehead atoms. The molecule has 0 aromatic heterocycles. The molecule has 7 nitrogen and oxygen atoms in total. The zero-order valence-electron chi connectivity index (χ0n) is 6.60.